The molecular formula is C12H19ClN2O3S. The Morgan fingerprint density at radius 1 is 1.21 bits per heavy atom. The van der Waals surface area contributed by atoms with E-state index in [0.29, 0.717) is 17.9 Å². The van der Waals surface area contributed by atoms with Crippen molar-refractivity contribution < 1.29 is 13.2 Å². The Morgan fingerprint density at radius 3 is 2.42 bits per heavy atom. The van der Waals surface area contributed by atoms with Crippen molar-refractivity contribution in [3.05, 3.63) is 30.3 Å². The van der Waals surface area contributed by atoms with Gasteiger partial charge in [-0.1, -0.05) is 18.2 Å². The van der Waals surface area contributed by atoms with Gasteiger partial charge in [-0.25, -0.2) is 8.42 Å². The smallest absolute Gasteiger partial charge is 0.233 e. The van der Waals surface area contributed by atoms with Crippen LogP contribution in [0.4, 0.5) is 0 Å². The average molecular weight is 307 g/mol. The first-order valence-corrected chi connectivity index (χ1v) is 7.40. The van der Waals surface area contributed by atoms with E-state index in [-0.39, 0.29) is 30.6 Å². The first kappa shape index (κ1) is 17.9. The zero-order valence-electron chi connectivity index (χ0n) is 10.8. The van der Waals surface area contributed by atoms with Gasteiger partial charge < -0.3 is 10.6 Å². The number of amides is 1. The van der Waals surface area contributed by atoms with E-state index < -0.39 is 9.84 Å². The summed E-state index contributed by atoms with van der Waals surface area (Å²) in [6.07, 6.45) is 0.409. The molecule has 1 aromatic carbocycles. The van der Waals surface area contributed by atoms with Crippen LogP contribution >= 0.6 is 12.4 Å². The number of nitrogens with one attached hydrogen (secondary N) is 2. The molecule has 5 nitrogen and oxygen atoms in total. The molecule has 1 aromatic rings. The third kappa shape index (κ3) is 6.56. The van der Waals surface area contributed by atoms with E-state index in [0.717, 1.165) is 0 Å². The van der Waals surface area contributed by atoms with E-state index in [1.807, 2.05) is 0 Å². The summed E-state index contributed by atoms with van der Waals surface area (Å²) in [5, 5.41) is 5.36. The van der Waals surface area contributed by atoms with E-state index in [1.165, 1.54) is 0 Å². The fraction of sp³-hybridized carbons (Fsp3) is 0.417. The maximum Gasteiger partial charge on any atom is 0.233 e. The number of benzene rings is 1. The van der Waals surface area contributed by atoms with Gasteiger partial charge in [-0.05, 0) is 25.6 Å². The Kier molecular flexibility index (Phi) is 8.38. The predicted octanol–water partition coefficient (Wildman–Crippen LogP) is 0.608. The summed E-state index contributed by atoms with van der Waals surface area (Å²) in [5.74, 6) is -0.0915. The van der Waals surface area contributed by atoms with Crippen LogP contribution in [0, 0.1) is 0 Å². The minimum absolute atomic E-state index is 0. The van der Waals surface area contributed by atoms with Gasteiger partial charge in [0.05, 0.1) is 17.2 Å². The highest BCUT2D eigenvalue weighted by molar-refractivity contribution is 7.91. The minimum Gasteiger partial charge on any atom is -0.355 e. The molecule has 0 bridgehead atoms. The second kappa shape index (κ2) is 8.90. The fourth-order valence-electron chi connectivity index (χ4n) is 1.46. The van der Waals surface area contributed by atoms with Crippen LogP contribution in [0.1, 0.15) is 6.42 Å². The molecule has 0 saturated heterocycles. The summed E-state index contributed by atoms with van der Waals surface area (Å²) in [7, 11) is -1.56. The van der Waals surface area contributed by atoms with E-state index >= 15 is 0 Å². The number of rotatable bonds is 7. The topological polar surface area (TPSA) is 75.3 Å². The lowest BCUT2D eigenvalue weighted by atomic mass is 10.4. The first-order valence-electron chi connectivity index (χ1n) is 5.75. The molecule has 0 spiro atoms. The van der Waals surface area contributed by atoms with Crippen molar-refractivity contribution >= 4 is 28.2 Å². The number of carbonyl (C=O) groups is 1. The molecule has 0 fully saturated rings. The van der Waals surface area contributed by atoms with Gasteiger partial charge >= 0.3 is 0 Å². The Bertz CT molecular complexity index is 477. The van der Waals surface area contributed by atoms with Gasteiger partial charge in [0.15, 0.2) is 9.84 Å². The van der Waals surface area contributed by atoms with Crippen molar-refractivity contribution in [3.63, 3.8) is 0 Å². The number of sulfone groups is 1. The molecule has 0 heterocycles. The largest absolute Gasteiger partial charge is 0.355 e. The highest BCUT2D eigenvalue weighted by Crippen LogP contribution is 2.10. The summed E-state index contributed by atoms with van der Waals surface area (Å²) in [6.45, 7) is 0.609. The molecule has 2 N–H and O–H groups in total. The SMILES string of the molecule is CNCC(=O)NCCCS(=O)(=O)c1ccccc1.Cl. The highest BCUT2D eigenvalue weighted by atomic mass is 35.5. The number of likely N-dealkylation sites (N-methyl/N-ethyl adjacent to an activating group) is 1. The lowest BCUT2D eigenvalue weighted by molar-refractivity contribution is -0.120. The average Bonchev–Trinajstić information content (AvgIpc) is 2.36. The third-order valence-corrected chi connectivity index (χ3v) is 4.17. The zero-order valence-corrected chi connectivity index (χ0v) is 12.4. The highest BCUT2D eigenvalue weighted by Gasteiger charge is 2.13. The lowest BCUT2D eigenvalue weighted by Gasteiger charge is -2.06. The van der Waals surface area contributed by atoms with E-state index in [4.69, 9.17) is 0 Å². The summed E-state index contributed by atoms with van der Waals surface area (Å²) >= 11 is 0. The quantitative estimate of drug-likeness (QED) is 0.724. The van der Waals surface area contributed by atoms with Gasteiger partial charge in [-0.2, -0.15) is 0 Å². The summed E-state index contributed by atoms with van der Waals surface area (Å²) in [4.78, 5) is 11.4. The summed E-state index contributed by atoms with van der Waals surface area (Å²) < 4.78 is 23.8. The lowest BCUT2D eigenvalue weighted by Crippen LogP contribution is -2.33. The van der Waals surface area contributed by atoms with Crippen LogP contribution in [-0.2, 0) is 14.6 Å². The molecule has 0 saturated carbocycles. The maximum absolute atomic E-state index is 11.9. The third-order valence-electron chi connectivity index (χ3n) is 2.35. The Morgan fingerprint density at radius 2 is 1.84 bits per heavy atom. The van der Waals surface area contributed by atoms with E-state index in [9.17, 15) is 13.2 Å². The Hall–Kier alpha value is -1.11. The molecule has 0 aliphatic carbocycles. The maximum atomic E-state index is 11.9. The van der Waals surface area contributed by atoms with Crippen LogP contribution in [0.15, 0.2) is 35.2 Å². The van der Waals surface area contributed by atoms with Crippen molar-refractivity contribution in [2.75, 3.05) is 25.9 Å². The van der Waals surface area contributed by atoms with Gasteiger partial charge in [0.1, 0.15) is 0 Å². The molecule has 7 heteroatoms. The number of carbonyl (C=O) groups excluding carboxylic acids is 1. The Balaban J connectivity index is 0.00000324. The fourth-order valence-corrected chi connectivity index (χ4v) is 2.79. The molecular weight excluding hydrogens is 288 g/mol. The molecule has 0 aliphatic heterocycles. The molecule has 0 radical (unpaired) electrons. The van der Waals surface area contributed by atoms with Crippen molar-refractivity contribution in [1.29, 1.82) is 0 Å². The molecule has 1 amide bonds. The van der Waals surface area contributed by atoms with E-state index in [2.05, 4.69) is 10.6 Å². The zero-order chi connectivity index (χ0) is 13.4. The van der Waals surface area contributed by atoms with Crippen molar-refractivity contribution in [2.45, 2.75) is 11.3 Å². The van der Waals surface area contributed by atoms with Crippen molar-refractivity contribution in [1.82, 2.24) is 10.6 Å². The standard InChI is InChI=1S/C12H18N2O3S.ClH/c1-13-10-12(15)14-8-5-9-18(16,17)11-6-3-2-4-7-11;/h2-4,6-7,13H,5,8-10H2,1H3,(H,14,15);1H. The van der Waals surface area contributed by atoms with Gasteiger partial charge in [0.2, 0.25) is 5.91 Å². The first-order chi connectivity index (χ1) is 8.56. The molecule has 108 valence electrons. The van der Waals surface area contributed by atoms with Gasteiger partial charge in [-0.3, -0.25) is 4.79 Å². The summed E-state index contributed by atoms with van der Waals surface area (Å²) in [6, 6.07) is 8.32. The number of hydrogen-bond donors (Lipinski definition) is 2. The second-order valence-electron chi connectivity index (χ2n) is 3.87. The number of hydrogen-bond acceptors (Lipinski definition) is 4. The van der Waals surface area contributed by atoms with Crippen LogP contribution in [0.3, 0.4) is 0 Å². The molecule has 1 rings (SSSR count). The minimum atomic E-state index is -3.24. The number of halogens is 1. The van der Waals surface area contributed by atoms with Crippen LogP contribution in [0.2, 0.25) is 0 Å². The van der Waals surface area contributed by atoms with Crippen LogP contribution in [0.25, 0.3) is 0 Å². The van der Waals surface area contributed by atoms with Gasteiger partial charge in [0, 0.05) is 6.54 Å². The van der Waals surface area contributed by atoms with Crippen molar-refractivity contribution in [2.24, 2.45) is 0 Å². The van der Waals surface area contributed by atoms with Crippen LogP contribution in [0.5, 0.6) is 0 Å². The summed E-state index contributed by atoms with van der Waals surface area (Å²) in [5.41, 5.74) is 0. The van der Waals surface area contributed by atoms with Crippen molar-refractivity contribution in [3.8, 4) is 0 Å². The molecule has 0 aliphatic rings. The molecule has 0 atom stereocenters. The Labute approximate surface area is 120 Å². The molecule has 0 unspecified atom stereocenters. The molecule has 0 aromatic heterocycles. The van der Waals surface area contributed by atoms with Crippen LogP contribution < -0.4 is 10.6 Å². The normalized spacial score (nSPS) is 10.6. The second-order valence-corrected chi connectivity index (χ2v) is 5.97. The van der Waals surface area contributed by atoms with Gasteiger partial charge in [-0.15, -0.1) is 12.4 Å². The monoisotopic (exact) mass is 306 g/mol. The van der Waals surface area contributed by atoms with E-state index in [1.54, 1.807) is 37.4 Å². The molecule has 19 heavy (non-hydrogen) atoms. The predicted molar refractivity (Wildman–Crippen MR) is 77.3 cm³/mol. The van der Waals surface area contributed by atoms with Crippen LogP contribution in [-0.4, -0.2) is 40.2 Å². The van der Waals surface area contributed by atoms with Gasteiger partial charge in [0.25, 0.3) is 0 Å².